The number of hydrogen-bond acceptors (Lipinski definition) is 2. The first-order valence-corrected chi connectivity index (χ1v) is 4.81. The number of nitrogens with one attached hydrogen (secondary N) is 1. The minimum absolute atomic E-state index is 0.334. The minimum Gasteiger partial charge on any atom is -0.314 e. The fourth-order valence-electron chi connectivity index (χ4n) is 1.30. The van der Waals surface area contributed by atoms with E-state index in [0.29, 0.717) is 24.2 Å². The number of carbonyl (C=O) groups is 1. The third kappa shape index (κ3) is 6.35. The molecule has 2 heteroatoms. The summed E-state index contributed by atoms with van der Waals surface area (Å²) < 4.78 is 0. The van der Waals surface area contributed by atoms with E-state index in [1.807, 2.05) is 0 Å². The molecule has 1 unspecified atom stereocenters. The molecule has 0 rings (SSSR count). The van der Waals surface area contributed by atoms with E-state index in [1.54, 1.807) is 0 Å². The van der Waals surface area contributed by atoms with Gasteiger partial charge in [0, 0.05) is 18.9 Å². The predicted octanol–water partition coefficient (Wildman–Crippen LogP) is 1.99. The van der Waals surface area contributed by atoms with Gasteiger partial charge in [0.2, 0.25) is 0 Å². The summed E-state index contributed by atoms with van der Waals surface area (Å²) in [5, 5.41) is 3.23. The van der Waals surface area contributed by atoms with Crippen molar-refractivity contribution in [2.45, 2.75) is 46.6 Å². The maximum Gasteiger partial charge on any atom is 0.134 e. The first-order chi connectivity index (χ1) is 5.56. The van der Waals surface area contributed by atoms with E-state index in [2.05, 4.69) is 33.0 Å². The Morgan fingerprint density at radius 3 is 2.25 bits per heavy atom. The number of hydrogen-bond donors (Lipinski definition) is 1. The lowest BCUT2D eigenvalue weighted by Crippen LogP contribution is -2.28. The van der Waals surface area contributed by atoms with Crippen molar-refractivity contribution < 1.29 is 4.79 Å². The summed E-state index contributed by atoms with van der Waals surface area (Å²) in [6.07, 6.45) is 1.39. The first kappa shape index (κ1) is 11.6. The van der Waals surface area contributed by atoms with Gasteiger partial charge in [0.15, 0.2) is 0 Å². The van der Waals surface area contributed by atoms with E-state index in [9.17, 15) is 4.79 Å². The van der Waals surface area contributed by atoms with Crippen molar-refractivity contribution in [3.05, 3.63) is 0 Å². The van der Waals surface area contributed by atoms with Crippen molar-refractivity contribution in [3.8, 4) is 0 Å². The van der Waals surface area contributed by atoms with Crippen LogP contribution in [-0.4, -0.2) is 18.4 Å². The summed E-state index contributed by atoms with van der Waals surface area (Å²) in [6, 6.07) is 0.334. The average Bonchev–Trinajstić information content (AvgIpc) is 1.84. The maximum absolute atomic E-state index is 11.3. The highest BCUT2D eigenvalue weighted by atomic mass is 16.1. The number of Topliss-reactive ketones (excluding diaryl/α,β-unsaturated/α-hetero) is 1. The van der Waals surface area contributed by atoms with Crippen molar-refractivity contribution >= 4 is 5.78 Å². The van der Waals surface area contributed by atoms with Crippen molar-refractivity contribution in [1.29, 1.82) is 0 Å². The van der Waals surface area contributed by atoms with E-state index in [1.165, 1.54) is 0 Å². The van der Waals surface area contributed by atoms with Crippen LogP contribution in [0.3, 0.4) is 0 Å². The highest BCUT2D eigenvalue weighted by molar-refractivity contribution is 5.79. The van der Waals surface area contributed by atoms with Crippen LogP contribution < -0.4 is 5.32 Å². The van der Waals surface area contributed by atoms with Crippen LogP contribution in [0.2, 0.25) is 0 Å². The Kier molecular flexibility index (Phi) is 5.99. The lowest BCUT2D eigenvalue weighted by molar-refractivity contribution is -0.120. The molecule has 0 aromatic rings. The maximum atomic E-state index is 11.3. The molecule has 2 nitrogen and oxygen atoms in total. The zero-order valence-electron chi connectivity index (χ0n) is 8.68. The summed E-state index contributed by atoms with van der Waals surface area (Å²) in [5.74, 6) is 0.866. The monoisotopic (exact) mass is 171 g/mol. The first-order valence-electron chi connectivity index (χ1n) is 4.81. The van der Waals surface area contributed by atoms with Gasteiger partial charge in [0.25, 0.3) is 0 Å². The SMILES string of the molecule is CCNC(C)CC(=O)CC(C)C. The van der Waals surface area contributed by atoms with Gasteiger partial charge in [-0.05, 0) is 19.4 Å². The Morgan fingerprint density at radius 1 is 1.25 bits per heavy atom. The Bertz CT molecular complexity index is 132. The average molecular weight is 171 g/mol. The van der Waals surface area contributed by atoms with Gasteiger partial charge in [0.05, 0.1) is 0 Å². The summed E-state index contributed by atoms with van der Waals surface area (Å²) in [4.78, 5) is 11.3. The molecule has 0 radical (unpaired) electrons. The van der Waals surface area contributed by atoms with Crippen LogP contribution in [0.15, 0.2) is 0 Å². The number of rotatable bonds is 6. The zero-order valence-corrected chi connectivity index (χ0v) is 8.68. The summed E-state index contributed by atoms with van der Waals surface area (Å²) in [5.41, 5.74) is 0. The Balaban J connectivity index is 3.54. The molecule has 1 atom stereocenters. The lowest BCUT2D eigenvalue weighted by Gasteiger charge is -2.11. The van der Waals surface area contributed by atoms with Crippen LogP contribution in [0.1, 0.15) is 40.5 Å². The minimum atomic E-state index is 0.334. The van der Waals surface area contributed by atoms with Gasteiger partial charge in [-0.25, -0.2) is 0 Å². The molecule has 0 saturated heterocycles. The third-order valence-electron chi connectivity index (χ3n) is 1.72. The predicted molar refractivity (Wildman–Crippen MR) is 52.2 cm³/mol. The standard InChI is InChI=1S/C10H21NO/c1-5-11-9(4)7-10(12)6-8(2)3/h8-9,11H,5-7H2,1-4H3. The molecule has 0 heterocycles. The van der Waals surface area contributed by atoms with Crippen molar-refractivity contribution in [2.24, 2.45) is 5.92 Å². The highest BCUT2D eigenvalue weighted by Gasteiger charge is 2.08. The second-order valence-electron chi connectivity index (χ2n) is 3.80. The number of carbonyl (C=O) groups excluding carboxylic acids is 1. The van der Waals surface area contributed by atoms with E-state index < -0.39 is 0 Å². The van der Waals surface area contributed by atoms with E-state index >= 15 is 0 Å². The lowest BCUT2D eigenvalue weighted by atomic mass is 10.0. The smallest absolute Gasteiger partial charge is 0.134 e. The van der Waals surface area contributed by atoms with Crippen LogP contribution in [0.25, 0.3) is 0 Å². The third-order valence-corrected chi connectivity index (χ3v) is 1.72. The van der Waals surface area contributed by atoms with Crippen LogP contribution in [0.4, 0.5) is 0 Å². The van der Waals surface area contributed by atoms with E-state index in [4.69, 9.17) is 0 Å². The molecule has 0 amide bonds. The van der Waals surface area contributed by atoms with Gasteiger partial charge in [-0.15, -0.1) is 0 Å². The molecule has 0 saturated carbocycles. The van der Waals surface area contributed by atoms with Crippen LogP contribution in [0.5, 0.6) is 0 Å². The molecule has 72 valence electrons. The van der Waals surface area contributed by atoms with Gasteiger partial charge in [-0.2, -0.15) is 0 Å². The van der Waals surface area contributed by atoms with Gasteiger partial charge in [0.1, 0.15) is 5.78 Å². The fourth-order valence-corrected chi connectivity index (χ4v) is 1.30. The van der Waals surface area contributed by atoms with Gasteiger partial charge >= 0.3 is 0 Å². The van der Waals surface area contributed by atoms with Crippen molar-refractivity contribution in [1.82, 2.24) is 5.32 Å². The Morgan fingerprint density at radius 2 is 1.83 bits per heavy atom. The Labute approximate surface area is 75.7 Å². The largest absolute Gasteiger partial charge is 0.314 e. The quantitative estimate of drug-likeness (QED) is 0.662. The molecule has 0 spiro atoms. The van der Waals surface area contributed by atoms with Gasteiger partial charge < -0.3 is 5.32 Å². The Hall–Kier alpha value is -0.370. The summed E-state index contributed by atoms with van der Waals surface area (Å²) in [6.45, 7) is 9.22. The summed E-state index contributed by atoms with van der Waals surface area (Å²) in [7, 11) is 0. The molecule has 0 aliphatic heterocycles. The fraction of sp³-hybridized carbons (Fsp3) is 0.900. The second-order valence-corrected chi connectivity index (χ2v) is 3.80. The molecule has 0 bridgehead atoms. The molecule has 1 N–H and O–H groups in total. The van der Waals surface area contributed by atoms with Crippen molar-refractivity contribution in [3.63, 3.8) is 0 Å². The van der Waals surface area contributed by atoms with Gasteiger partial charge in [-0.1, -0.05) is 20.8 Å². The van der Waals surface area contributed by atoms with Crippen LogP contribution in [-0.2, 0) is 4.79 Å². The second kappa shape index (κ2) is 6.18. The van der Waals surface area contributed by atoms with E-state index in [0.717, 1.165) is 13.0 Å². The molecular formula is C10H21NO. The van der Waals surface area contributed by atoms with Crippen LogP contribution >= 0.6 is 0 Å². The number of ketones is 1. The zero-order chi connectivity index (χ0) is 9.56. The van der Waals surface area contributed by atoms with E-state index in [-0.39, 0.29) is 0 Å². The molecule has 0 fully saturated rings. The molecule has 0 aliphatic carbocycles. The molecule has 12 heavy (non-hydrogen) atoms. The van der Waals surface area contributed by atoms with Crippen LogP contribution in [0, 0.1) is 5.92 Å². The molecule has 0 aromatic heterocycles. The van der Waals surface area contributed by atoms with Crippen molar-refractivity contribution in [2.75, 3.05) is 6.54 Å². The highest BCUT2D eigenvalue weighted by Crippen LogP contribution is 2.04. The molecular weight excluding hydrogens is 150 g/mol. The van der Waals surface area contributed by atoms with Gasteiger partial charge in [-0.3, -0.25) is 4.79 Å². The summed E-state index contributed by atoms with van der Waals surface area (Å²) >= 11 is 0. The molecule has 0 aliphatic rings. The topological polar surface area (TPSA) is 29.1 Å². The molecule has 0 aromatic carbocycles. The normalized spacial score (nSPS) is 13.4.